The van der Waals surface area contributed by atoms with Crippen molar-refractivity contribution in [2.75, 3.05) is 27.2 Å². The van der Waals surface area contributed by atoms with E-state index in [1.807, 2.05) is 55.6 Å². The highest BCUT2D eigenvalue weighted by Crippen LogP contribution is 2.28. The lowest BCUT2D eigenvalue weighted by molar-refractivity contribution is -0.137. The minimum Gasteiger partial charge on any atom is -0.389 e. The summed E-state index contributed by atoms with van der Waals surface area (Å²) in [4.78, 5) is 44.7. The normalized spacial score (nSPS) is 16.3. The third-order valence-electron chi connectivity index (χ3n) is 9.38. The number of carbonyl (C=O) groups is 3. The van der Waals surface area contributed by atoms with E-state index in [9.17, 15) is 24.6 Å². The first-order valence-corrected chi connectivity index (χ1v) is 17.4. The Morgan fingerprint density at radius 1 is 0.837 bits per heavy atom. The summed E-state index contributed by atoms with van der Waals surface area (Å²) in [6.07, 6.45) is 14.4. The van der Waals surface area contributed by atoms with E-state index < -0.39 is 42.0 Å². The Hall–Kier alpha value is -4.15. The first kappa shape index (κ1) is 39.3. The van der Waals surface area contributed by atoms with Crippen LogP contribution in [0.2, 0.25) is 0 Å². The number of likely N-dealkylation sites (N-methyl/N-ethyl adjacent to an activating group) is 2. The second kappa shape index (κ2) is 21.0. The molecular weight excluding hydrogens is 616 g/mol. The van der Waals surface area contributed by atoms with Crippen molar-refractivity contribution < 1.29 is 24.6 Å². The van der Waals surface area contributed by atoms with Gasteiger partial charge in [0.25, 0.3) is 0 Å². The summed E-state index contributed by atoms with van der Waals surface area (Å²) < 4.78 is 0. The van der Waals surface area contributed by atoms with E-state index in [0.717, 1.165) is 44.2 Å². The fourth-order valence-corrected chi connectivity index (χ4v) is 6.42. The van der Waals surface area contributed by atoms with Crippen molar-refractivity contribution >= 4 is 17.7 Å². The molecule has 2 aromatic carbocycles. The average Bonchev–Trinajstić information content (AvgIpc) is 3.10. The molecule has 0 aliphatic heterocycles. The van der Waals surface area contributed by atoms with Gasteiger partial charge in [0.05, 0.1) is 18.1 Å². The standard InChI is InChI=1S/C40H54N4O5/c1-5-16-34(40(49)42-35(38(47)36(45)17-6-2)27-31-20-12-8-13-21-31)41-39(48)33(26-30-18-10-7-11-19-30)28-37(46)44(4)25-24-43(3)29-32-22-14-9-15-23-32/h1-2,7,9-11,14-15,18-19,22-23,31,33-36,38,45,47H,8,12-13,16-17,20-21,24-29H2,3-4H3,(H,41,48)(H,42,49)/t33-,34+,35+,36+,38-/m1/s1. The van der Waals surface area contributed by atoms with Crippen LogP contribution in [0.5, 0.6) is 0 Å². The maximum Gasteiger partial charge on any atom is 0.243 e. The largest absolute Gasteiger partial charge is 0.389 e. The fourth-order valence-electron chi connectivity index (χ4n) is 6.42. The second-order valence-electron chi connectivity index (χ2n) is 13.4. The monoisotopic (exact) mass is 670 g/mol. The number of aliphatic hydroxyl groups excluding tert-OH is 2. The van der Waals surface area contributed by atoms with Crippen molar-refractivity contribution in [3.63, 3.8) is 0 Å². The summed E-state index contributed by atoms with van der Waals surface area (Å²) in [5, 5.41) is 27.2. The Morgan fingerprint density at radius 3 is 2.06 bits per heavy atom. The zero-order chi connectivity index (χ0) is 35.6. The quantitative estimate of drug-likeness (QED) is 0.170. The molecule has 0 bridgehead atoms. The predicted molar refractivity (Wildman–Crippen MR) is 193 cm³/mol. The van der Waals surface area contributed by atoms with Gasteiger partial charge in [0.15, 0.2) is 0 Å². The molecule has 0 saturated heterocycles. The van der Waals surface area contributed by atoms with Gasteiger partial charge in [-0.15, -0.1) is 24.7 Å². The molecule has 0 spiro atoms. The smallest absolute Gasteiger partial charge is 0.243 e. The van der Waals surface area contributed by atoms with Crippen LogP contribution in [0.4, 0.5) is 0 Å². The Balaban J connectivity index is 1.70. The van der Waals surface area contributed by atoms with E-state index in [4.69, 9.17) is 12.8 Å². The molecule has 0 aromatic heterocycles. The van der Waals surface area contributed by atoms with E-state index in [-0.39, 0.29) is 31.1 Å². The lowest BCUT2D eigenvalue weighted by atomic mass is 9.82. The third kappa shape index (κ3) is 13.7. The molecule has 1 saturated carbocycles. The first-order valence-electron chi connectivity index (χ1n) is 17.4. The number of amides is 3. The molecule has 1 fully saturated rings. The number of nitrogens with zero attached hydrogens (tertiary/aromatic N) is 2. The summed E-state index contributed by atoms with van der Waals surface area (Å²) in [5.74, 6) is 3.18. The summed E-state index contributed by atoms with van der Waals surface area (Å²) in [5.41, 5.74) is 2.07. The molecule has 1 aliphatic carbocycles. The fraction of sp³-hybridized carbons (Fsp3) is 0.525. The van der Waals surface area contributed by atoms with Crippen LogP contribution in [0.1, 0.15) is 68.9 Å². The maximum absolute atomic E-state index is 13.8. The molecular formula is C40H54N4O5. The van der Waals surface area contributed by atoms with Crippen LogP contribution < -0.4 is 10.6 Å². The van der Waals surface area contributed by atoms with Gasteiger partial charge in [-0.05, 0) is 36.9 Å². The van der Waals surface area contributed by atoms with Crippen molar-refractivity contribution in [3.05, 3.63) is 71.8 Å². The molecule has 0 unspecified atom stereocenters. The topological polar surface area (TPSA) is 122 Å². The molecule has 0 heterocycles. The number of aliphatic hydroxyl groups is 2. The number of nitrogens with one attached hydrogen (secondary N) is 2. The van der Waals surface area contributed by atoms with Crippen molar-refractivity contribution in [2.24, 2.45) is 11.8 Å². The van der Waals surface area contributed by atoms with Crippen molar-refractivity contribution in [2.45, 2.75) is 95.0 Å². The minimum absolute atomic E-state index is 0.0503. The molecule has 9 nitrogen and oxygen atoms in total. The SMILES string of the molecule is C#CC[C@H](NC(=O)[C@@H](CC(=O)N(C)CCN(C)Cc1ccccc1)Cc1ccccc1)C(=O)N[C@@H](CC1CCCCC1)[C@@H](O)[C@@H](O)CC#C. The number of hydrogen-bond donors (Lipinski definition) is 4. The molecule has 49 heavy (non-hydrogen) atoms. The van der Waals surface area contributed by atoms with E-state index in [1.165, 1.54) is 5.56 Å². The molecule has 0 radical (unpaired) electrons. The van der Waals surface area contributed by atoms with Gasteiger partial charge in [-0.3, -0.25) is 14.4 Å². The molecule has 264 valence electrons. The number of benzene rings is 2. The van der Waals surface area contributed by atoms with Crippen LogP contribution in [-0.2, 0) is 27.3 Å². The van der Waals surface area contributed by atoms with Gasteiger partial charge in [-0.1, -0.05) is 92.8 Å². The van der Waals surface area contributed by atoms with Gasteiger partial charge in [0, 0.05) is 45.9 Å². The highest BCUT2D eigenvalue weighted by molar-refractivity contribution is 5.91. The van der Waals surface area contributed by atoms with Crippen LogP contribution in [0, 0.1) is 36.5 Å². The first-order chi connectivity index (χ1) is 23.6. The van der Waals surface area contributed by atoms with Crippen LogP contribution >= 0.6 is 0 Å². The molecule has 1 aliphatic rings. The third-order valence-corrected chi connectivity index (χ3v) is 9.38. The van der Waals surface area contributed by atoms with Gasteiger partial charge in [0.1, 0.15) is 12.1 Å². The van der Waals surface area contributed by atoms with Crippen LogP contribution in [0.25, 0.3) is 0 Å². The van der Waals surface area contributed by atoms with Crippen LogP contribution in [-0.4, -0.2) is 89.2 Å². The Morgan fingerprint density at radius 2 is 1.45 bits per heavy atom. The number of terminal acetylenes is 2. The molecule has 2 aromatic rings. The van der Waals surface area contributed by atoms with Gasteiger partial charge >= 0.3 is 0 Å². The minimum atomic E-state index is -1.28. The van der Waals surface area contributed by atoms with E-state index in [2.05, 4.69) is 39.5 Å². The average molecular weight is 671 g/mol. The highest BCUT2D eigenvalue weighted by atomic mass is 16.3. The Kier molecular flexibility index (Phi) is 16.9. The Labute approximate surface area is 292 Å². The van der Waals surface area contributed by atoms with E-state index in [1.54, 1.807) is 11.9 Å². The number of hydrogen-bond acceptors (Lipinski definition) is 6. The van der Waals surface area contributed by atoms with Gasteiger partial charge < -0.3 is 30.6 Å². The molecule has 4 N–H and O–H groups in total. The number of rotatable bonds is 19. The second-order valence-corrected chi connectivity index (χ2v) is 13.4. The molecule has 3 amide bonds. The van der Waals surface area contributed by atoms with E-state index in [0.29, 0.717) is 25.9 Å². The molecule has 9 heteroatoms. The lowest BCUT2D eigenvalue weighted by Crippen LogP contribution is -2.55. The number of carbonyl (C=O) groups excluding carboxylic acids is 3. The summed E-state index contributed by atoms with van der Waals surface area (Å²) in [6.45, 7) is 1.89. The Bertz CT molecular complexity index is 1380. The van der Waals surface area contributed by atoms with Crippen molar-refractivity contribution in [3.8, 4) is 24.7 Å². The molecule has 3 rings (SSSR count). The van der Waals surface area contributed by atoms with Crippen LogP contribution in [0.15, 0.2) is 60.7 Å². The zero-order valence-corrected chi connectivity index (χ0v) is 29.1. The summed E-state index contributed by atoms with van der Waals surface area (Å²) in [7, 11) is 3.74. The zero-order valence-electron chi connectivity index (χ0n) is 29.1. The van der Waals surface area contributed by atoms with Gasteiger partial charge in [0.2, 0.25) is 17.7 Å². The summed E-state index contributed by atoms with van der Waals surface area (Å²) >= 11 is 0. The highest BCUT2D eigenvalue weighted by Gasteiger charge is 2.34. The van der Waals surface area contributed by atoms with Crippen molar-refractivity contribution in [1.82, 2.24) is 20.4 Å². The maximum atomic E-state index is 13.8. The van der Waals surface area contributed by atoms with Crippen LogP contribution in [0.3, 0.4) is 0 Å². The lowest BCUT2D eigenvalue weighted by Gasteiger charge is -2.33. The predicted octanol–water partition coefficient (Wildman–Crippen LogP) is 3.53. The van der Waals surface area contributed by atoms with E-state index >= 15 is 0 Å². The van der Waals surface area contributed by atoms with Gasteiger partial charge in [-0.2, -0.15) is 0 Å². The molecule has 5 atom stereocenters. The summed E-state index contributed by atoms with van der Waals surface area (Å²) in [6, 6.07) is 17.7. The van der Waals surface area contributed by atoms with Crippen molar-refractivity contribution in [1.29, 1.82) is 0 Å². The van der Waals surface area contributed by atoms with Gasteiger partial charge in [-0.25, -0.2) is 0 Å².